The summed E-state index contributed by atoms with van der Waals surface area (Å²) >= 11 is 0. The van der Waals surface area contributed by atoms with Crippen LogP contribution in [0.2, 0.25) is 0 Å². The number of hydrogen-bond acceptors (Lipinski definition) is 11. The zero-order valence-electron chi connectivity index (χ0n) is 40.2. The first kappa shape index (κ1) is 60.4. The second-order valence-electron chi connectivity index (χ2n) is 16.6. The lowest BCUT2D eigenvalue weighted by Crippen LogP contribution is -2.37. The number of methoxy groups -OCH3 is 1. The Labute approximate surface area is 379 Å². The van der Waals surface area contributed by atoms with Gasteiger partial charge in [0.25, 0.3) is 0 Å². The summed E-state index contributed by atoms with van der Waals surface area (Å²) in [6.45, 7) is 11.2. The molecule has 2 unspecified atom stereocenters. The maximum Gasteiger partial charge on any atom is 0.472 e. The Balaban J connectivity index is 0.000000992. The lowest BCUT2D eigenvalue weighted by atomic mass is 10.1. The van der Waals surface area contributed by atoms with E-state index in [1.165, 1.54) is 192 Å². The number of rotatable bonds is 35. The highest BCUT2D eigenvalue weighted by Crippen LogP contribution is 2.45. The van der Waals surface area contributed by atoms with Gasteiger partial charge in [-0.05, 0) is 36.8 Å². The lowest BCUT2D eigenvalue weighted by molar-refractivity contribution is -0.148. The van der Waals surface area contributed by atoms with Crippen molar-refractivity contribution < 1.29 is 42.6 Å². The van der Waals surface area contributed by atoms with Gasteiger partial charge in [-0.25, -0.2) is 9.36 Å². The molecule has 1 aliphatic rings. The third-order valence-electron chi connectivity index (χ3n) is 10.9. The van der Waals surface area contributed by atoms with Crippen LogP contribution < -0.4 is 11.4 Å². The number of unbranched alkanes of at least 4 members (excludes halogenated alkanes) is 21. The maximum atomic E-state index is 12.1. The minimum Gasteiger partial charge on any atom is -0.460 e. The SMILES string of the molecule is C=S(CCCCCCCC)CCCCCCCC.CCC(COP(=O)(O)OC[C@H]1O[C@@H](n2ccc(N)nc2=O)[C@H](OC)[C@@H]1O)OC(C)=O.CCCCCCCCCCCCCC. The van der Waals surface area contributed by atoms with Crippen LogP contribution in [0.3, 0.4) is 0 Å². The van der Waals surface area contributed by atoms with Crippen molar-refractivity contribution in [2.24, 2.45) is 0 Å². The number of hydrogen-bond donors (Lipinski definition) is 3. The van der Waals surface area contributed by atoms with Gasteiger partial charge in [-0.15, -0.1) is 0 Å². The van der Waals surface area contributed by atoms with Crippen LogP contribution in [0.5, 0.6) is 0 Å². The van der Waals surface area contributed by atoms with Gasteiger partial charge in [0.15, 0.2) is 6.23 Å². The van der Waals surface area contributed by atoms with Gasteiger partial charge in [-0.2, -0.15) is 15.5 Å². The van der Waals surface area contributed by atoms with Gasteiger partial charge in [0.1, 0.15) is 30.2 Å². The van der Waals surface area contributed by atoms with Crippen LogP contribution in [0.25, 0.3) is 0 Å². The van der Waals surface area contributed by atoms with Crippen LogP contribution in [0.4, 0.5) is 5.82 Å². The minimum atomic E-state index is -4.54. The van der Waals surface area contributed by atoms with Gasteiger partial charge in [0.2, 0.25) is 0 Å². The number of nitrogens with two attached hydrogens (primary N) is 1. The van der Waals surface area contributed by atoms with Gasteiger partial charge >= 0.3 is 19.5 Å². The molecule has 6 atom stereocenters. The van der Waals surface area contributed by atoms with E-state index in [2.05, 4.69) is 38.5 Å². The van der Waals surface area contributed by atoms with E-state index < -0.39 is 56.7 Å². The number of anilines is 1. The highest BCUT2D eigenvalue weighted by Gasteiger charge is 2.46. The van der Waals surface area contributed by atoms with Crippen LogP contribution in [0, 0.1) is 0 Å². The third-order valence-corrected chi connectivity index (χ3v) is 13.5. The lowest BCUT2D eigenvalue weighted by Gasteiger charge is -2.20. The minimum absolute atomic E-state index is 0.0150. The van der Waals surface area contributed by atoms with E-state index in [0.717, 1.165) is 4.57 Å². The van der Waals surface area contributed by atoms with Crippen molar-refractivity contribution in [1.82, 2.24) is 9.55 Å². The van der Waals surface area contributed by atoms with E-state index in [4.69, 9.17) is 29.0 Å². The molecule has 1 aliphatic heterocycles. The number of nitrogens with zero attached hydrogens (tertiary/aromatic N) is 2. The Morgan fingerprint density at radius 1 is 0.823 bits per heavy atom. The van der Waals surface area contributed by atoms with E-state index >= 15 is 0 Å². The van der Waals surface area contributed by atoms with E-state index in [-0.39, 0.29) is 12.4 Å². The first-order valence-electron chi connectivity index (χ1n) is 24.3. The number of phosphoric acid groups is 1. The summed E-state index contributed by atoms with van der Waals surface area (Å²) in [6.07, 6.45) is 31.1. The average molecular weight is 922 g/mol. The normalized spacial score (nSPS) is 18.7. The second kappa shape index (κ2) is 39.7. The Morgan fingerprint density at radius 3 is 1.65 bits per heavy atom. The fraction of sp³-hybridized carbons (Fsp3) is 0.872. The topological polar surface area (TPSA) is 182 Å². The molecule has 4 N–H and O–H groups in total. The molecule has 1 aromatic heterocycles. The summed E-state index contributed by atoms with van der Waals surface area (Å²) in [5.74, 6) is 6.58. The molecule has 0 radical (unpaired) electrons. The summed E-state index contributed by atoms with van der Waals surface area (Å²) in [4.78, 5) is 36.5. The molecule has 1 fully saturated rings. The average Bonchev–Trinajstić information content (AvgIpc) is 3.56. The predicted molar refractivity (Wildman–Crippen MR) is 259 cm³/mol. The van der Waals surface area contributed by atoms with Crippen LogP contribution in [0.1, 0.15) is 208 Å². The van der Waals surface area contributed by atoms with Crippen molar-refractivity contribution in [3.8, 4) is 0 Å². The molecule has 0 aromatic carbocycles. The summed E-state index contributed by atoms with van der Waals surface area (Å²) in [7, 11) is -2.76. The maximum absolute atomic E-state index is 12.1. The smallest absolute Gasteiger partial charge is 0.460 e. The largest absolute Gasteiger partial charge is 0.472 e. The molecule has 0 spiro atoms. The van der Waals surface area contributed by atoms with Gasteiger partial charge in [0.05, 0.1) is 13.2 Å². The van der Waals surface area contributed by atoms with E-state index in [9.17, 15) is 24.2 Å². The predicted octanol–water partition coefficient (Wildman–Crippen LogP) is 11.7. The number of phosphoric ester groups is 1. The van der Waals surface area contributed by atoms with E-state index in [1.807, 2.05) is 0 Å². The number of ether oxygens (including phenoxy) is 3. The first-order valence-corrected chi connectivity index (χ1v) is 27.5. The first-order chi connectivity index (χ1) is 29.8. The number of aromatic nitrogens is 2. The van der Waals surface area contributed by atoms with Crippen LogP contribution in [-0.4, -0.2) is 87.6 Å². The summed E-state index contributed by atoms with van der Waals surface area (Å²) < 4.78 is 38.6. The Hall–Kier alpha value is -1.64. The van der Waals surface area contributed by atoms with Crippen LogP contribution in [-0.2, 0) is 32.6 Å². The molecule has 0 saturated carbocycles. The molecule has 0 bridgehead atoms. The van der Waals surface area contributed by atoms with Crippen molar-refractivity contribution >= 4 is 36.0 Å². The molecule has 2 rings (SSSR count). The zero-order chi connectivity index (χ0) is 46.4. The van der Waals surface area contributed by atoms with E-state index in [1.54, 1.807) is 6.92 Å². The number of esters is 1. The Kier molecular flexibility index (Phi) is 38.7. The number of nitrogen functional groups attached to an aromatic ring is 1. The number of aliphatic hydroxyl groups excluding tert-OH is 1. The van der Waals surface area contributed by atoms with Crippen molar-refractivity contribution in [2.75, 3.05) is 37.6 Å². The highest BCUT2D eigenvalue weighted by molar-refractivity contribution is 8.14. The molecule has 13 nitrogen and oxygen atoms in total. The van der Waals surface area contributed by atoms with Crippen molar-refractivity contribution in [3.05, 3.63) is 22.7 Å². The number of aliphatic hydroxyl groups is 1. The monoisotopic (exact) mass is 922 g/mol. The van der Waals surface area contributed by atoms with E-state index in [0.29, 0.717) is 16.9 Å². The molecule has 62 heavy (non-hydrogen) atoms. The summed E-state index contributed by atoms with van der Waals surface area (Å²) in [5, 5.41) is 10.4. The van der Waals surface area contributed by atoms with Crippen molar-refractivity contribution in [1.29, 1.82) is 0 Å². The number of carbonyl (C=O) groups is 1. The third kappa shape index (κ3) is 31.3. The highest BCUT2D eigenvalue weighted by atomic mass is 32.2. The van der Waals surface area contributed by atoms with Gasteiger partial charge in [-0.3, -0.25) is 18.4 Å². The molecule has 0 aliphatic carbocycles. The molecule has 1 aromatic rings. The number of carbonyl (C=O) groups excluding carboxylic acids is 1. The molecule has 0 amide bonds. The van der Waals surface area contributed by atoms with Crippen LogP contribution >= 0.6 is 18.3 Å². The van der Waals surface area contributed by atoms with Crippen LogP contribution in [0.15, 0.2) is 17.1 Å². The fourth-order valence-electron chi connectivity index (χ4n) is 7.00. The Bertz CT molecular complexity index is 1330. The van der Waals surface area contributed by atoms with Crippen molar-refractivity contribution in [3.63, 3.8) is 0 Å². The molecular weight excluding hydrogens is 830 g/mol. The zero-order valence-corrected chi connectivity index (χ0v) is 42.0. The fourth-order valence-corrected chi connectivity index (χ4v) is 9.19. The molecule has 2 heterocycles. The van der Waals surface area contributed by atoms with Gasteiger partial charge in [-0.1, -0.05) is 182 Å². The van der Waals surface area contributed by atoms with Crippen molar-refractivity contribution in [2.45, 2.75) is 233 Å². The Morgan fingerprint density at radius 2 is 1.26 bits per heavy atom. The molecule has 366 valence electrons. The standard InChI is InChI=1S/C17H36S.C16H26N3O10P.C14H30/c1-4-6-8-10-12-14-16-18(3)17-15-13-11-9-7-5-2;1-4-10(28-9(2)20)7-26-30(23,24)27-8-11-13(21)14(25-3)15(29-11)19-6-5-12(17)18-16(19)22;1-3-5-7-9-11-13-14-12-10-8-6-4-2/h3-17H2,1-2H3;5-6,10-11,13-15,21H,4,7-8H2,1-3H3,(H,23,24)(H2,17,18,22);3-14H2,1-2H3/t;10?,11-,13-,14-,15-;/m.1./s1. The summed E-state index contributed by atoms with van der Waals surface area (Å²) in [5.41, 5.74) is 4.74. The quantitative estimate of drug-likeness (QED) is 0.0254. The molecule has 1 saturated heterocycles. The second-order valence-corrected chi connectivity index (χ2v) is 20.1. The van der Waals surface area contributed by atoms with Gasteiger partial charge < -0.3 is 29.9 Å². The van der Waals surface area contributed by atoms with Gasteiger partial charge in [0, 0.05) is 20.2 Å². The summed E-state index contributed by atoms with van der Waals surface area (Å²) in [6, 6.07) is 1.37. The molecular formula is C47H92N3O10PS. The molecule has 15 heteroatoms.